The van der Waals surface area contributed by atoms with Crippen molar-refractivity contribution in [3.05, 3.63) is 28.1 Å². The van der Waals surface area contributed by atoms with E-state index in [9.17, 15) is 9.59 Å². The average Bonchev–Trinajstić information content (AvgIpc) is 3.04. The largest absolute Gasteiger partial charge is 0.486 e. The van der Waals surface area contributed by atoms with Gasteiger partial charge in [0.15, 0.2) is 5.78 Å². The molecule has 0 aliphatic carbocycles. The number of carbonyl (C=O) groups is 2. The summed E-state index contributed by atoms with van der Waals surface area (Å²) in [6.45, 7) is 5.23. The maximum atomic E-state index is 12.4. The second kappa shape index (κ2) is 6.82. The molecule has 2 aromatic rings. The van der Waals surface area contributed by atoms with Crippen LogP contribution in [0.2, 0.25) is 0 Å². The Balaban J connectivity index is 2.20. The van der Waals surface area contributed by atoms with Crippen molar-refractivity contribution in [3.63, 3.8) is 0 Å². The van der Waals surface area contributed by atoms with E-state index < -0.39 is 0 Å². The predicted octanol–water partition coefficient (Wildman–Crippen LogP) is 2.24. The zero-order valence-corrected chi connectivity index (χ0v) is 14.5. The minimum atomic E-state index is -0.298. The fraction of sp³-hybridized carbons (Fsp3) is 0.400. The van der Waals surface area contributed by atoms with Crippen molar-refractivity contribution in [3.8, 4) is 10.9 Å². The predicted molar refractivity (Wildman–Crippen MR) is 86.7 cm³/mol. The molecule has 2 N–H and O–H groups in total. The number of ether oxygens (including phenoxy) is 2. The number of H-pyrrole nitrogens is 1. The third-order valence-electron chi connectivity index (χ3n) is 3.54. The second-order valence-electron chi connectivity index (χ2n) is 5.03. The summed E-state index contributed by atoms with van der Waals surface area (Å²) in [5, 5.41) is 3.39. The SMILES string of the molecule is COc1nsc(OC)c1CNC(=O)c1[nH]c(C)c(C(C)=O)c1C. The Morgan fingerprint density at radius 3 is 2.48 bits per heavy atom. The van der Waals surface area contributed by atoms with Gasteiger partial charge < -0.3 is 19.8 Å². The molecule has 2 aromatic heterocycles. The van der Waals surface area contributed by atoms with E-state index in [1.807, 2.05) is 0 Å². The van der Waals surface area contributed by atoms with Crippen LogP contribution in [0.3, 0.4) is 0 Å². The zero-order chi connectivity index (χ0) is 17.1. The lowest BCUT2D eigenvalue weighted by Crippen LogP contribution is -2.24. The molecule has 0 aromatic carbocycles. The quantitative estimate of drug-likeness (QED) is 0.789. The summed E-state index contributed by atoms with van der Waals surface area (Å²) in [7, 11) is 3.05. The average molecular weight is 337 g/mol. The number of methoxy groups -OCH3 is 2. The van der Waals surface area contributed by atoms with Gasteiger partial charge in [0.2, 0.25) is 10.9 Å². The van der Waals surface area contributed by atoms with Crippen LogP contribution in [0.25, 0.3) is 0 Å². The maximum Gasteiger partial charge on any atom is 0.268 e. The number of hydrogen-bond acceptors (Lipinski definition) is 6. The van der Waals surface area contributed by atoms with Crippen molar-refractivity contribution in [1.29, 1.82) is 0 Å². The first kappa shape index (κ1) is 17.0. The van der Waals surface area contributed by atoms with Crippen LogP contribution < -0.4 is 14.8 Å². The third-order valence-corrected chi connectivity index (χ3v) is 4.37. The normalized spacial score (nSPS) is 10.5. The third kappa shape index (κ3) is 3.21. The van der Waals surface area contributed by atoms with Crippen LogP contribution in [0.4, 0.5) is 0 Å². The highest BCUT2D eigenvalue weighted by Crippen LogP contribution is 2.32. The number of nitrogens with zero attached hydrogens (tertiary/aromatic N) is 1. The molecule has 1 amide bonds. The smallest absolute Gasteiger partial charge is 0.268 e. The van der Waals surface area contributed by atoms with Crippen molar-refractivity contribution in [2.45, 2.75) is 27.3 Å². The molecule has 0 unspecified atom stereocenters. The Kier molecular flexibility index (Phi) is 5.05. The molecule has 124 valence electrons. The van der Waals surface area contributed by atoms with Crippen LogP contribution in [0, 0.1) is 13.8 Å². The van der Waals surface area contributed by atoms with E-state index >= 15 is 0 Å². The van der Waals surface area contributed by atoms with E-state index in [0.717, 1.165) is 11.5 Å². The van der Waals surface area contributed by atoms with Crippen LogP contribution in [0.5, 0.6) is 10.9 Å². The number of amides is 1. The second-order valence-corrected chi connectivity index (χ2v) is 5.76. The highest BCUT2D eigenvalue weighted by Gasteiger charge is 2.21. The summed E-state index contributed by atoms with van der Waals surface area (Å²) >= 11 is 1.16. The molecule has 0 saturated carbocycles. The minimum Gasteiger partial charge on any atom is -0.486 e. The van der Waals surface area contributed by atoms with Crippen LogP contribution in [0.15, 0.2) is 0 Å². The van der Waals surface area contributed by atoms with Crippen LogP contribution in [0.1, 0.15) is 44.6 Å². The summed E-state index contributed by atoms with van der Waals surface area (Å²) in [6, 6.07) is 0. The molecular formula is C15H19N3O4S. The summed E-state index contributed by atoms with van der Waals surface area (Å²) < 4.78 is 14.5. The highest BCUT2D eigenvalue weighted by molar-refractivity contribution is 7.08. The number of aromatic amines is 1. The molecule has 0 aliphatic heterocycles. The molecule has 0 aliphatic rings. The molecule has 0 bridgehead atoms. The van der Waals surface area contributed by atoms with Gasteiger partial charge in [0.1, 0.15) is 5.69 Å². The number of rotatable bonds is 6. The zero-order valence-electron chi connectivity index (χ0n) is 13.7. The Morgan fingerprint density at radius 1 is 1.26 bits per heavy atom. The Labute approximate surface area is 138 Å². The molecule has 2 heterocycles. The van der Waals surface area contributed by atoms with Gasteiger partial charge in [-0.1, -0.05) is 0 Å². The number of nitrogens with one attached hydrogen (secondary N) is 2. The van der Waals surface area contributed by atoms with Gasteiger partial charge in [0.05, 0.1) is 26.3 Å². The van der Waals surface area contributed by atoms with Crippen molar-refractivity contribution >= 4 is 23.2 Å². The summed E-state index contributed by atoms with van der Waals surface area (Å²) in [6.07, 6.45) is 0. The minimum absolute atomic E-state index is 0.0688. The number of carbonyl (C=O) groups excluding carboxylic acids is 2. The molecule has 0 fully saturated rings. The van der Waals surface area contributed by atoms with E-state index in [1.54, 1.807) is 13.8 Å². The van der Waals surface area contributed by atoms with E-state index in [0.29, 0.717) is 39.0 Å². The first-order valence-electron chi connectivity index (χ1n) is 6.95. The van der Waals surface area contributed by atoms with E-state index in [-0.39, 0.29) is 18.2 Å². The lowest BCUT2D eigenvalue weighted by Gasteiger charge is -2.07. The molecule has 0 spiro atoms. The van der Waals surface area contributed by atoms with E-state index in [4.69, 9.17) is 9.47 Å². The topological polar surface area (TPSA) is 93.3 Å². The Bertz CT molecular complexity index is 727. The molecule has 0 radical (unpaired) electrons. The Morgan fingerprint density at radius 2 is 1.96 bits per heavy atom. The van der Waals surface area contributed by atoms with Gasteiger partial charge >= 0.3 is 0 Å². The van der Waals surface area contributed by atoms with Crippen LogP contribution in [-0.4, -0.2) is 35.3 Å². The van der Waals surface area contributed by atoms with Crippen molar-refractivity contribution < 1.29 is 19.1 Å². The fourth-order valence-corrected chi connectivity index (χ4v) is 3.21. The Hall–Kier alpha value is -2.35. The van der Waals surface area contributed by atoms with Gasteiger partial charge in [-0.15, -0.1) is 0 Å². The summed E-state index contributed by atoms with van der Waals surface area (Å²) in [4.78, 5) is 27.0. The number of aromatic nitrogens is 2. The number of aryl methyl sites for hydroxylation is 1. The van der Waals surface area contributed by atoms with E-state index in [1.165, 1.54) is 21.1 Å². The van der Waals surface area contributed by atoms with Crippen molar-refractivity contribution in [2.24, 2.45) is 0 Å². The number of Topliss-reactive ketones (excluding diaryl/α,β-unsaturated/α-hetero) is 1. The van der Waals surface area contributed by atoms with Gasteiger partial charge in [0.25, 0.3) is 5.91 Å². The molecule has 2 rings (SSSR count). The van der Waals surface area contributed by atoms with Crippen LogP contribution in [-0.2, 0) is 6.54 Å². The lowest BCUT2D eigenvalue weighted by atomic mass is 10.1. The van der Waals surface area contributed by atoms with Crippen molar-refractivity contribution in [1.82, 2.24) is 14.7 Å². The monoisotopic (exact) mass is 337 g/mol. The highest BCUT2D eigenvalue weighted by atomic mass is 32.1. The first-order valence-corrected chi connectivity index (χ1v) is 7.72. The molecule has 8 heteroatoms. The summed E-state index contributed by atoms with van der Waals surface area (Å²) in [5.74, 6) is 0.0602. The number of hydrogen-bond donors (Lipinski definition) is 2. The van der Waals surface area contributed by atoms with Gasteiger partial charge in [-0.2, -0.15) is 4.37 Å². The number of ketones is 1. The van der Waals surface area contributed by atoms with Gasteiger partial charge in [-0.05, 0) is 26.3 Å². The van der Waals surface area contributed by atoms with Crippen LogP contribution >= 0.6 is 11.5 Å². The molecular weight excluding hydrogens is 318 g/mol. The molecule has 7 nitrogen and oxygen atoms in total. The van der Waals surface area contributed by atoms with Gasteiger partial charge in [0, 0.05) is 22.8 Å². The molecule has 0 atom stereocenters. The molecule has 0 saturated heterocycles. The van der Waals surface area contributed by atoms with Gasteiger partial charge in [-0.25, -0.2) is 0 Å². The summed E-state index contributed by atoms with van der Waals surface area (Å²) in [5.41, 5.74) is 2.96. The van der Waals surface area contributed by atoms with Crippen molar-refractivity contribution in [2.75, 3.05) is 14.2 Å². The first-order chi connectivity index (χ1) is 10.9. The van der Waals surface area contributed by atoms with Gasteiger partial charge in [-0.3, -0.25) is 9.59 Å². The standard InChI is InChI=1S/C15H19N3O4S/c1-7-11(9(3)19)8(2)17-12(7)13(20)16-6-10-14(21-4)18-23-15(10)22-5/h17H,6H2,1-5H3,(H,16,20). The lowest BCUT2D eigenvalue weighted by molar-refractivity contribution is 0.0945. The molecule has 23 heavy (non-hydrogen) atoms. The van der Waals surface area contributed by atoms with E-state index in [2.05, 4.69) is 14.7 Å². The maximum absolute atomic E-state index is 12.4. The fourth-order valence-electron chi connectivity index (χ4n) is 2.51.